The highest BCUT2D eigenvalue weighted by Crippen LogP contribution is 2.54. The van der Waals surface area contributed by atoms with Crippen molar-refractivity contribution in [2.24, 2.45) is 0 Å². The molecule has 0 radical (unpaired) electrons. The lowest BCUT2D eigenvalue weighted by atomic mass is 9.82. The van der Waals surface area contributed by atoms with E-state index in [1.54, 1.807) is 6.92 Å². The molecule has 6 nitrogen and oxygen atoms in total. The average Bonchev–Trinajstić information content (AvgIpc) is 3.22. The first kappa shape index (κ1) is 23.5. The summed E-state index contributed by atoms with van der Waals surface area (Å²) in [5.74, 6) is 0.761. The molecule has 0 aliphatic carbocycles. The molecule has 2 aromatic carbocycles. The molecular weight excluding hydrogens is 471 g/mol. The fraction of sp³-hybridized carbons (Fsp3) is 0.423. The Hall–Kier alpha value is -2.25. The van der Waals surface area contributed by atoms with Gasteiger partial charge in [0.2, 0.25) is 0 Å². The van der Waals surface area contributed by atoms with E-state index in [0.717, 1.165) is 30.0 Å². The molecule has 3 heterocycles. The second-order valence-corrected chi connectivity index (χ2v) is 10.8. The summed E-state index contributed by atoms with van der Waals surface area (Å²) < 4.78 is 6.50. The largest absolute Gasteiger partial charge is 0.481 e. The topological polar surface area (TPSA) is 48.1 Å². The maximum Gasteiger partial charge on any atom is 0.159 e. The van der Waals surface area contributed by atoms with Crippen molar-refractivity contribution in [3.63, 3.8) is 0 Å². The van der Waals surface area contributed by atoms with Crippen LogP contribution in [-0.4, -0.2) is 47.3 Å². The summed E-state index contributed by atoms with van der Waals surface area (Å²) in [6.45, 7) is 12.1. The number of hydrogen-bond donors (Lipinski definition) is 1. The molecule has 5 rings (SSSR count). The van der Waals surface area contributed by atoms with Crippen LogP contribution >= 0.6 is 23.2 Å². The van der Waals surface area contributed by atoms with Crippen LogP contribution in [0.1, 0.15) is 56.6 Å². The summed E-state index contributed by atoms with van der Waals surface area (Å²) in [6.07, 6.45) is 2.27. The van der Waals surface area contributed by atoms with Crippen molar-refractivity contribution < 1.29 is 9.53 Å². The van der Waals surface area contributed by atoms with Crippen LogP contribution in [0.4, 0.5) is 11.4 Å². The number of hydrogen-bond acceptors (Lipinski definition) is 6. The van der Waals surface area contributed by atoms with Gasteiger partial charge in [-0.15, -0.1) is 0 Å². The molecule has 34 heavy (non-hydrogen) atoms. The number of ketones is 1. The van der Waals surface area contributed by atoms with Gasteiger partial charge in [0.15, 0.2) is 5.78 Å². The van der Waals surface area contributed by atoms with Crippen molar-refractivity contribution in [2.45, 2.75) is 52.3 Å². The Balaban J connectivity index is 1.53. The van der Waals surface area contributed by atoms with Gasteiger partial charge in [-0.25, -0.2) is 10.0 Å². The van der Waals surface area contributed by atoms with Crippen LogP contribution in [-0.2, 0) is 0 Å². The molecule has 1 N–H and O–H groups in total. The maximum absolute atomic E-state index is 11.7. The minimum Gasteiger partial charge on any atom is -0.481 e. The van der Waals surface area contributed by atoms with E-state index >= 15 is 0 Å². The van der Waals surface area contributed by atoms with Gasteiger partial charge in [-0.1, -0.05) is 29.3 Å². The van der Waals surface area contributed by atoms with Gasteiger partial charge in [-0.2, -0.15) is 0 Å². The molecule has 0 amide bonds. The standard InChI is InChI=1S/C26H30Cl2N4O2/c1-15(2)29-23-21(27)12-19-24-20(26(4,5)34-25(19)22(23)28)10-11-31-13-30(14-32(24)31)18-8-6-17(7-9-18)16(3)33/h6-10,12,15,24,29H,11,13-14H2,1-5H3. The maximum atomic E-state index is 11.7. The molecular formula is C26H30Cl2N4O2. The zero-order valence-corrected chi connectivity index (χ0v) is 21.7. The van der Waals surface area contributed by atoms with Crippen LogP contribution in [0.2, 0.25) is 10.0 Å². The monoisotopic (exact) mass is 500 g/mol. The van der Waals surface area contributed by atoms with Crippen LogP contribution < -0.4 is 15.0 Å². The summed E-state index contributed by atoms with van der Waals surface area (Å²) in [5, 5.41) is 9.19. The van der Waals surface area contributed by atoms with E-state index in [1.807, 2.05) is 30.3 Å². The molecule has 0 bridgehead atoms. The first-order chi connectivity index (χ1) is 16.1. The third kappa shape index (κ3) is 3.87. The number of halogens is 2. The van der Waals surface area contributed by atoms with E-state index in [1.165, 1.54) is 5.57 Å². The van der Waals surface area contributed by atoms with Gasteiger partial charge in [-0.05, 0) is 70.5 Å². The van der Waals surface area contributed by atoms with Crippen LogP contribution in [0.25, 0.3) is 0 Å². The summed E-state index contributed by atoms with van der Waals surface area (Å²) in [7, 11) is 0. The minimum absolute atomic E-state index is 0.0305. The molecule has 3 aliphatic rings. The van der Waals surface area contributed by atoms with E-state index in [0.29, 0.717) is 28.2 Å². The number of nitrogens with zero attached hydrogens (tertiary/aromatic N) is 3. The van der Waals surface area contributed by atoms with Crippen LogP contribution in [0, 0.1) is 0 Å². The van der Waals surface area contributed by atoms with Crippen molar-refractivity contribution in [1.29, 1.82) is 0 Å². The number of fused-ring (bicyclic) bond motifs is 5. The van der Waals surface area contributed by atoms with Crippen molar-refractivity contribution in [1.82, 2.24) is 10.0 Å². The summed E-state index contributed by atoms with van der Waals surface area (Å²) in [5.41, 5.74) is 4.20. The normalized spacial score (nSPS) is 21.5. The van der Waals surface area contributed by atoms with Gasteiger partial charge in [0, 0.05) is 29.4 Å². The minimum atomic E-state index is -0.507. The number of carbonyl (C=O) groups is 1. The fourth-order valence-corrected chi connectivity index (χ4v) is 5.72. The Labute approximate surface area is 211 Å². The van der Waals surface area contributed by atoms with E-state index in [2.05, 4.69) is 54.0 Å². The molecule has 8 heteroatoms. The lowest BCUT2D eigenvalue weighted by Gasteiger charge is -2.48. The quantitative estimate of drug-likeness (QED) is 0.402. The highest BCUT2D eigenvalue weighted by Gasteiger charge is 2.48. The van der Waals surface area contributed by atoms with Gasteiger partial charge in [-0.3, -0.25) is 4.79 Å². The molecule has 180 valence electrons. The van der Waals surface area contributed by atoms with E-state index in [4.69, 9.17) is 27.9 Å². The Morgan fingerprint density at radius 2 is 1.88 bits per heavy atom. The predicted molar refractivity (Wildman–Crippen MR) is 138 cm³/mol. The van der Waals surface area contributed by atoms with Crippen molar-refractivity contribution >= 4 is 40.4 Å². The third-order valence-electron chi connectivity index (χ3n) is 6.75. The number of rotatable bonds is 4. The first-order valence-electron chi connectivity index (χ1n) is 11.6. The van der Waals surface area contributed by atoms with Crippen LogP contribution in [0.3, 0.4) is 0 Å². The predicted octanol–water partition coefficient (Wildman–Crippen LogP) is 6.12. The Kier molecular flexibility index (Phi) is 5.84. The smallest absolute Gasteiger partial charge is 0.159 e. The van der Waals surface area contributed by atoms with Gasteiger partial charge in [0.1, 0.15) is 16.4 Å². The van der Waals surface area contributed by atoms with Gasteiger partial charge < -0.3 is 15.0 Å². The summed E-state index contributed by atoms with van der Waals surface area (Å²) in [6, 6.07) is 9.97. The second-order valence-electron chi connectivity index (χ2n) is 9.99. The zero-order chi connectivity index (χ0) is 24.4. The zero-order valence-electron chi connectivity index (χ0n) is 20.2. The van der Waals surface area contributed by atoms with Crippen LogP contribution in [0.5, 0.6) is 5.75 Å². The number of Topliss-reactive ketones (excluding diaryl/α,β-unsaturated/α-hetero) is 1. The van der Waals surface area contributed by atoms with Gasteiger partial charge in [0.05, 0.1) is 30.1 Å². The van der Waals surface area contributed by atoms with E-state index in [-0.39, 0.29) is 17.9 Å². The lowest BCUT2D eigenvalue weighted by Crippen LogP contribution is -2.51. The molecule has 1 saturated heterocycles. The lowest BCUT2D eigenvalue weighted by molar-refractivity contribution is -0.0296. The molecule has 0 aromatic heterocycles. The van der Waals surface area contributed by atoms with Gasteiger partial charge in [0.25, 0.3) is 0 Å². The molecule has 2 aromatic rings. The first-order valence-corrected chi connectivity index (χ1v) is 12.4. The SMILES string of the molecule is CC(=O)c1ccc(N2CN3CC=C4C(c5cc(Cl)c(NC(C)C)c(Cl)c5OC4(C)C)N3C2)cc1. The van der Waals surface area contributed by atoms with E-state index in [9.17, 15) is 4.79 Å². The fourth-order valence-electron chi connectivity index (χ4n) is 5.11. The number of hydrazine groups is 1. The molecule has 3 aliphatic heterocycles. The van der Waals surface area contributed by atoms with Crippen molar-refractivity contribution in [3.05, 3.63) is 63.2 Å². The average molecular weight is 501 g/mol. The summed E-state index contributed by atoms with van der Waals surface area (Å²) in [4.78, 5) is 14.0. The third-order valence-corrected chi connectivity index (χ3v) is 7.41. The highest BCUT2D eigenvalue weighted by molar-refractivity contribution is 6.40. The van der Waals surface area contributed by atoms with Gasteiger partial charge >= 0.3 is 0 Å². The number of benzene rings is 2. The van der Waals surface area contributed by atoms with E-state index < -0.39 is 5.60 Å². The Bertz CT molecular complexity index is 1180. The second kappa shape index (κ2) is 8.45. The Morgan fingerprint density at radius 1 is 1.18 bits per heavy atom. The number of nitrogens with one attached hydrogen (secondary N) is 1. The number of anilines is 2. The van der Waals surface area contributed by atoms with Crippen molar-refractivity contribution in [2.75, 3.05) is 30.1 Å². The Morgan fingerprint density at radius 3 is 2.53 bits per heavy atom. The number of carbonyl (C=O) groups excluding carboxylic acids is 1. The molecule has 1 atom stereocenters. The molecule has 1 fully saturated rings. The van der Waals surface area contributed by atoms with Crippen LogP contribution in [0.15, 0.2) is 42.0 Å². The summed E-state index contributed by atoms with van der Waals surface area (Å²) >= 11 is 13.6. The van der Waals surface area contributed by atoms with Crippen molar-refractivity contribution in [3.8, 4) is 5.75 Å². The highest BCUT2D eigenvalue weighted by atomic mass is 35.5. The molecule has 0 saturated carbocycles. The number of ether oxygens (including phenoxy) is 1. The molecule has 1 unspecified atom stereocenters. The molecule has 0 spiro atoms.